The standard InChI is InChI=1S/C42H35ClF6N2O5/c1-2-3-4-7-25-10-17-32(18-11-25)56-37-9-6-5-8-33(37)26-12-14-27(15-13-26)36(24-38(52)53)51-40(55)34-23-31(43)16-19-35(34)50-39(54)28-20-29(41(44,45)46)22-30(21-28)42(47,48)49/h5-6,8-23,36H,2-4,7,24H2,1H3,(H,50,54)(H,51,55)(H,52,53). The van der Waals surface area contributed by atoms with Crippen LogP contribution < -0.4 is 15.4 Å². The summed E-state index contributed by atoms with van der Waals surface area (Å²) in [5.41, 5.74) is -1.95. The Hall–Kier alpha value is -5.82. The first kappa shape index (κ1) is 41.3. The molecule has 5 aromatic rings. The number of hydrogen-bond acceptors (Lipinski definition) is 4. The van der Waals surface area contributed by atoms with E-state index in [0.717, 1.165) is 48.9 Å². The molecule has 0 saturated carbocycles. The summed E-state index contributed by atoms with van der Waals surface area (Å²) in [6, 6.07) is 24.7. The zero-order chi connectivity index (χ0) is 40.6. The molecule has 0 aliphatic rings. The third kappa shape index (κ3) is 10.9. The second kappa shape index (κ2) is 17.8. The highest BCUT2D eigenvalue weighted by molar-refractivity contribution is 6.31. The van der Waals surface area contributed by atoms with Gasteiger partial charge in [-0.1, -0.05) is 86.0 Å². The van der Waals surface area contributed by atoms with Crippen LogP contribution in [0.4, 0.5) is 32.0 Å². The molecule has 0 aliphatic heterocycles. The molecule has 0 radical (unpaired) electrons. The highest BCUT2D eigenvalue weighted by atomic mass is 35.5. The Morgan fingerprint density at radius 3 is 2.02 bits per heavy atom. The molecule has 7 nitrogen and oxygen atoms in total. The van der Waals surface area contributed by atoms with E-state index in [2.05, 4.69) is 17.6 Å². The van der Waals surface area contributed by atoms with Gasteiger partial charge in [-0.15, -0.1) is 0 Å². The van der Waals surface area contributed by atoms with Crippen LogP contribution in [0.1, 0.15) is 81.6 Å². The number of rotatable bonds is 14. The van der Waals surface area contributed by atoms with E-state index in [9.17, 15) is 45.8 Å². The Morgan fingerprint density at radius 1 is 0.768 bits per heavy atom. The van der Waals surface area contributed by atoms with Gasteiger partial charge in [0.25, 0.3) is 11.8 Å². The maximum Gasteiger partial charge on any atom is 0.416 e. The minimum absolute atomic E-state index is 0.00508. The normalized spacial score (nSPS) is 12.1. The molecule has 2 amide bonds. The Bertz CT molecular complexity index is 2160. The fourth-order valence-electron chi connectivity index (χ4n) is 5.88. The summed E-state index contributed by atoms with van der Waals surface area (Å²) in [5, 5.41) is 14.5. The number of ether oxygens (including phenoxy) is 1. The lowest BCUT2D eigenvalue weighted by atomic mass is 9.98. The van der Waals surface area contributed by atoms with E-state index in [1.807, 2.05) is 48.5 Å². The number of aliphatic carboxylic acids is 1. The SMILES string of the molecule is CCCCCc1ccc(Oc2ccccc2-c2ccc(C(CC(=O)O)NC(=O)c3cc(Cl)ccc3NC(=O)c3cc(C(F)(F)F)cc(C(F)(F)F)c3)cc2)cc1. The quantitative estimate of drug-likeness (QED) is 0.0767. The van der Waals surface area contributed by atoms with Gasteiger partial charge in [-0.2, -0.15) is 26.3 Å². The topological polar surface area (TPSA) is 105 Å². The number of nitrogens with one attached hydrogen (secondary N) is 2. The molecular weight excluding hydrogens is 762 g/mol. The van der Waals surface area contributed by atoms with Crippen LogP contribution in [0.5, 0.6) is 11.5 Å². The van der Waals surface area contributed by atoms with E-state index in [0.29, 0.717) is 17.1 Å². The van der Waals surface area contributed by atoms with Gasteiger partial charge >= 0.3 is 18.3 Å². The van der Waals surface area contributed by atoms with Crippen molar-refractivity contribution in [2.24, 2.45) is 0 Å². The number of halogens is 7. The van der Waals surface area contributed by atoms with Crippen LogP contribution >= 0.6 is 11.6 Å². The lowest BCUT2D eigenvalue weighted by Gasteiger charge is -2.20. The van der Waals surface area contributed by atoms with Crippen molar-refractivity contribution in [3.63, 3.8) is 0 Å². The molecule has 0 bridgehead atoms. The van der Waals surface area contributed by atoms with Gasteiger partial charge < -0.3 is 20.5 Å². The maximum atomic E-state index is 13.6. The maximum absolute atomic E-state index is 13.6. The first-order valence-corrected chi connectivity index (χ1v) is 17.8. The summed E-state index contributed by atoms with van der Waals surface area (Å²) >= 11 is 6.12. The lowest BCUT2D eigenvalue weighted by molar-refractivity contribution is -0.143. The average molecular weight is 797 g/mol. The summed E-state index contributed by atoms with van der Waals surface area (Å²) in [6.45, 7) is 2.15. The van der Waals surface area contributed by atoms with Crippen molar-refractivity contribution in [3.8, 4) is 22.6 Å². The Labute approximate surface area is 323 Å². The number of anilines is 1. The van der Waals surface area contributed by atoms with Crippen molar-refractivity contribution < 1.29 is 50.6 Å². The number of alkyl halides is 6. The van der Waals surface area contributed by atoms with E-state index in [1.165, 1.54) is 11.6 Å². The van der Waals surface area contributed by atoms with Gasteiger partial charge in [0.2, 0.25) is 0 Å². The van der Waals surface area contributed by atoms with Crippen LogP contribution in [0.25, 0.3) is 11.1 Å². The minimum Gasteiger partial charge on any atom is -0.481 e. The largest absolute Gasteiger partial charge is 0.481 e. The number of unbranched alkanes of at least 4 members (excludes halogenated alkanes) is 2. The molecule has 0 aromatic heterocycles. The highest BCUT2D eigenvalue weighted by Gasteiger charge is 2.37. The van der Waals surface area contributed by atoms with Crippen molar-refractivity contribution in [2.75, 3.05) is 5.32 Å². The van der Waals surface area contributed by atoms with Gasteiger partial charge in [-0.05, 0) is 84.1 Å². The van der Waals surface area contributed by atoms with Gasteiger partial charge in [-0.3, -0.25) is 14.4 Å². The molecule has 0 saturated heterocycles. The number of para-hydroxylation sites is 1. The number of amides is 2. The molecule has 3 N–H and O–H groups in total. The second-order valence-electron chi connectivity index (χ2n) is 12.9. The molecule has 1 atom stereocenters. The molecular formula is C42H35ClF6N2O5. The van der Waals surface area contributed by atoms with Crippen molar-refractivity contribution >= 4 is 35.1 Å². The van der Waals surface area contributed by atoms with Crippen LogP contribution in [0.15, 0.2) is 109 Å². The zero-order valence-electron chi connectivity index (χ0n) is 29.7. The van der Waals surface area contributed by atoms with Crippen molar-refractivity contribution in [2.45, 2.75) is 57.4 Å². The molecule has 0 spiro atoms. The fraction of sp³-hybridized carbons (Fsp3) is 0.214. The van der Waals surface area contributed by atoms with E-state index in [-0.39, 0.29) is 34.5 Å². The molecule has 0 heterocycles. The van der Waals surface area contributed by atoms with Gasteiger partial charge in [0.15, 0.2) is 0 Å². The third-order valence-corrected chi connectivity index (χ3v) is 8.97. The third-order valence-electron chi connectivity index (χ3n) is 8.74. The number of aryl methyl sites for hydroxylation is 1. The molecule has 1 unspecified atom stereocenters. The van der Waals surface area contributed by atoms with Crippen LogP contribution in [0, 0.1) is 0 Å². The van der Waals surface area contributed by atoms with Gasteiger partial charge in [0.05, 0.1) is 34.8 Å². The summed E-state index contributed by atoms with van der Waals surface area (Å²) in [4.78, 5) is 38.6. The number of carbonyl (C=O) groups is 3. The molecule has 0 fully saturated rings. The van der Waals surface area contributed by atoms with Crippen molar-refractivity contribution in [3.05, 3.63) is 148 Å². The number of carbonyl (C=O) groups excluding carboxylic acids is 2. The first-order chi connectivity index (χ1) is 26.5. The van der Waals surface area contributed by atoms with Crippen molar-refractivity contribution in [1.29, 1.82) is 0 Å². The average Bonchev–Trinajstić information content (AvgIpc) is 3.15. The van der Waals surface area contributed by atoms with Gasteiger partial charge in [0, 0.05) is 16.1 Å². The van der Waals surface area contributed by atoms with Crippen LogP contribution in [-0.2, 0) is 23.6 Å². The summed E-state index contributed by atoms with van der Waals surface area (Å²) < 4.78 is 86.8. The molecule has 292 valence electrons. The predicted molar refractivity (Wildman–Crippen MR) is 200 cm³/mol. The summed E-state index contributed by atoms with van der Waals surface area (Å²) in [6.07, 6.45) is -6.59. The summed E-state index contributed by atoms with van der Waals surface area (Å²) in [7, 11) is 0. The number of carboxylic acid groups (broad SMARTS) is 1. The lowest BCUT2D eigenvalue weighted by Crippen LogP contribution is -2.31. The van der Waals surface area contributed by atoms with E-state index >= 15 is 0 Å². The van der Waals surface area contributed by atoms with Gasteiger partial charge in [0.1, 0.15) is 11.5 Å². The summed E-state index contributed by atoms with van der Waals surface area (Å²) in [5.74, 6) is -2.36. The highest BCUT2D eigenvalue weighted by Crippen LogP contribution is 2.37. The second-order valence-corrected chi connectivity index (χ2v) is 13.3. The Balaban J connectivity index is 1.36. The van der Waals surface area contributed by atoms with Crippen LogP contribution in [0.3, 0.4) is 0 Å². The van der Waals surface area contributed by atoms with Gasteiger partial charge in [-0.25, -0.2) is 0 Å². The molecule has 5 aromatic carbocycles. The molecule has 56 heavy (non-hydrogen) atoms. The first-order valence-electron chi connectivity index (χ1n) is 17.4. The van der Waals surface area contributed by atoms with Crippen molar-refractivity contribution in [1.82, 2.24) is 5.32 Å². The van der Waals surface area contributed by atoms with Crippen LogP contribution in [-0.4, -0.2) is 22.9 Å². The fourth-order valence-corrected chi connectivity index (χ4v) is 6.05. The predicted octanol–water partition coefficient (Wildman–Crippen LogP) is 11.8. The molecule has 0 aliphatic carbocycles. The number of hydrogen-bond donors (Lipinski definition) is 3. The van der Waals surface area contributed by atoms with Crippen LogP contribution in [0.2, 0.25) is 5.02 Å². The monoisotopic (exact) mass is 796 g/mol. The Morgan fingerprint density at radius 2 is 1.41 bits per heavy atom. The van der Waals surface area contributed by atoms with E-state index in [4.69, 9.17) is 16.3 Å². The minimum atomic E-state index is -5.20. The molecule has 14 heteroatoms. The zero-order valence-corrected chi connectivity index (χ0v) is 30.5. The molecule has 5 rings (SSSR count). The van der Waals surface area contributed by atoms with E-state index < -0.39 is 59.3 Å². The van der Waals surface area contributed by atoms with E-state index in [1.54, 1.807) is 24.3 Å². The smallest absolute Gasteiger partial charge is 0.416 e. The number of benzene rings is 5. The Kier molecular flexibility index (Phi) is 13.1. The number of carboxylic acids is 1.